The monoisotopic (exact) mass is 368 g/mol. The molecule has 0 aliphatic carbocycles. The van der Waals surface area contributed by atoms with Gasteiger partial charge in [-0.05, 0) is 57.0 Å². The molecule has 20 heavy (non-hydrogen) atoms. The zero-order valence-corrected chi connectivity index (χ0v) is 16.9. The Kier molecular flexibility index (Phi) is 6.08. The van der Waals surface area contributed by atoms with Crippen LogP contribution >= 0.6 is 19.4 Å². The first-order valence-corrected chi connectivity index (χ1v) is 16.2. The standard InChI is InChI=1S/C15H26N2.2ClH.Zn/c1-3-7-16-11-13-9-12(14(16)5-1)10-17-8-4-2-6-15(13)17;;;/h12-15H,1-11H2;2*1H;/q;;;+2/p-2. The summed E-state index contributed by atoms with van der Waals surface area (Å²) in [5.74, 6) is 2.03. The van der Waals surface area contributed by atoms with Crippen molar-refractivity contribution in [3.05, 3.63) is 0 Å². The van der Waals surface area contributed by atoms with Crippen molar-refractivity contribution in [3.63, 3.8) is 0 Å². The number of nitrogens with zero attached hydrogens (tertiary/aromatic N) is 2. The average molecular weight is 371 g/mol. The fourth-order valence-corrected chi connectivity index (χ4v) is 5.25. The summed E-state index contributed by atoms with van der Waals surface area (Å²) in [6.07, 6.45) is 10.5. The van der Waals surface area contributed by atoms with Crippen molar-refractivity contribution in [2.45, 2.75) is 57.0 Å². The van der Waals surface area contributed by atoms with Gasteiger partial charge < -0.3 is 0 Å². The van der Waals surface area contributed by atoms with Crippen LogP contribution in [0.5, 0.6) is 0 Å². The average Bonchev–Trinajstić information content (AvgIpc) is 2.48. The van der Waals surface area contributed by atoms with E-state index in [1.54, 1.807) is 6.42 Å². The van der Waals surface area contributed by atoms with Crippen LogP contribution in [0.4, 0.5) is 0 Å². The summed E-state index contributed by atoms with van der Waals surface area (Å²) >= 11 is -0.931. The van der Waals surface area contributed by atoms with Gasteiger partial charge in [-0.1, -0.05) is 12.8 Å². The Morgan fingerprint density at radius 2 is 1.20 bits per heavy atom. The Balaban J connectivity index is 0.000000373. The Morgan fingerprint density at radius 1 is 0.750 bits per heavy atom. The SMILES string of the molecule is C1CCN2CC3CC(CN4CCCCC34)C2C1.[Cl][Zn][Cl]. The number of hydrogen-bond acceptors (Lipinski definition) is 2. The van der Waals surface area contributed by atoms with Crippen LogP contribution in [-0.4, -0.2) is 48.1 Å². The number of piperidine rings is 4. The third-order valence-electron chi connectivity index (χ3n) is 5.96. The number of rotatable bonds is 0. The topological polar surface area (TPSA) is 6.48 Å². The molecule has 4 saturated heterocycles. The number of halogens is 2. The third kappa shape index (κ3) is 3.38. The van der Waals surface area contributed by atoms with E-state index in [-0.39, 0.29) is 0 Å². The van der Waals surface area contributed by atoms with E-state index < -0.39 is 15.1 Å². The molecule has 4 unspecified atom stereocenters. The number of fused-ring (bicyclic) bond motifs is 6. The third-order valence-corrected chi connectivity index (χ3v) is 5.96. The minimum absolute atomic E-state index is 0.931. The van der Waals surface area contributed by atoms with Crippen LogP contribution in [0, 0.1) is 11.8 Å². The Labute approximate surface area is 139 Å². The van der Waals surface area contributed by atoms with Crippen LogP contribution in [0.2, 0.25) is 0 Å². The van der Waals surface area contributed by atoms with E-state index in [2.05, 4.69) is 9.80 Å². The van der Waals surface area contributed by atoms with Crippen molar-refractivity contribution in [1.82, 2.24) is 9.80 Å². The van der Waals surface area contributed by atoms with Crippen LogP contribution in [-0.2, 0) is 15.1 Å². The summed E-state index contributed by atoms with van der Waals surface area (Å²) in [6, 6.07) is 1.92. The second-order valence-electron chi connectivity index (χ2n) is 6.97. The van der Waals surface area contributed by atoms with Gasteiger partial charge in [-0.25, -0.2) is 0 Å². The van der Waals surface area contributed by atoms with Gasteiger partial charge in [0.25, 0.3) is 0 Å². The van der Waals surface area contributed by atoms with E-state index in [4.69, 9.17) is 19.4 Å². The molecule has 0 aromatic rings. The second kappa shape index (κ2) is 7.60. The molecule has 5 heteroatoms. The Bertz CT molecular complexity index is 290. The second-order valence-corrected chi connectivity index (χ2v) is 11.6. The van der Waals surface area contributed by atoms with Crippen molar-refractivity contribution in [2.75, 3.05) is 26.2 Å². The zero-order chi connectivity index (χ0) is 13.9. The molecule has 4 atom stereocenters. The molecule has 4 heterocycles. The van der Waals surface area contributed by atoms with Crippen LogP contribution < -0.4 is 0 Å². The molecular formula is C15H26Cl2N2Zn. The van der Waals surface area contributed by atoms with Gasteiger partial charge in [0.05, 0.1) is 0 Å². The zero-order valence-electron chi connectivity index (χ0n) is 12.4. The minimum atomic E-state index is -0.931. The van der Waals surface area contributed by atoms with E-state index in [0.29, 0.717) is 0 Å². The Morgan fingerprint density at radius 3 is 1.65 bits per heavy atom. The molecule has 2 bridgehead atoms. The summed E-state index contributed by atoms with van der Waals surface area (Å²) in [6.45, 7) is 5.68. The molecule has 0 aromatic carbocycles. The molecule has 0 aromatic heterocycles. The van der Waals surface area contributed by atoms with E-state index in [1.165, 1.54) is 64.7 Å². The molecule has 0 N–H and O–H groups in total. The fourth-order valence-electron chi connectivity index (χ4n) is 5.25. The van der Waals surface area contributed by atoms with Crippen LogP contribution in [0.1, 0.15) is 44.9 Å². The molecule has 4 aliphatic rings. The van der Waals surface area contributed by atoms with E-state index in [9.17, 15) is 0 Å². The summed E-state index contributed by atoms with van der Waals surface area (Å²) in [5.41, 5.74) is 0. The van der Waals surface area contributed by atoms with Crippen molar-refractivity contribution in [1.29, 1.82) is 0 Å². The first-order chi connectivity index (χ1) is 9.83. The fraction of sp³-hybridized carbons (Fsp3) is 1.00. The molecule has 0 saturated carbocycles. The molecule has 2 nitrogen and oxygen atoms in total. The van der Waals surface area contributed by atoms with Crippen LogP contribution in [0.3, 0.4) is 0 Å². The van der Waals surface area contributed by atoms with E-state index in [1.807, 2.05) is 0 Å². The van der Waals surface area contributed by atoms with Crippen molar-refractivity contribution >= 4 is 19.4 Å². The summed E-state index contributed by atoms with van der Waals surface area (Å²) in [5, 5.41) is 0. The van der Waals surface area contributed by atoms with Gasteiger partial charge >= 0.3 is 34.5 Å². The van der Waals surface area contributed by atoms with Gasteiger partial charge in [-0.3, -0.25) is 9.80 Å². The predicted molar refractivity (Wildman–Crippen MR) is 81.7 cm³/mol. The summed E-state index contributed by atoms with van der Waals surface area (Å²) in [4.78, 5) is 5.74. The van der Waals surface area contributed by atoms with Crippen LogP contribution in [0.25, 0.3) is 0 Å². The molecule has 0 amide bonds. The first kappa shape index (κ1) is 16.0. The molecule has 0 radical (unpaired) electrons. The maximum absolute atomic E-state index is 4.95. The first-order valence-electron chi connectivity index (χ1n) is 8.43. The van der Waals surface area contributed by atoms with Crippen LogP contribution in [0.15, 0.2) is 0 Å². The maximum atomic E-state index is 4.95. The summed E-state index contributed by atoms with van der Waals surface area (Å²) < 4.78 is 0. The van der Waals surface area contributed by atoms with Crippen molar-refractivity contribution in [2.24, 2.45) is 11.8 Å². The van der Waals surface area contributed by atoms with Crippen molar-refractivity contribution < 1.29 is 15.1 Å². The Hall–Kier alpha value is 1.12. The van der Waals surface area contributed by atoms with Crippen molar-refractivity contribution in [3.8, 4) is 0 Å². The molecule has 4 fully saturated rings. The molecular weight excluding hydrogens is 344 g/mol. The van der Waals surface area contributed by atoms with Gasteiger partial charge in [0.2, 0.25) is 0 Å². The quantitative estimate of drug-likeness (QED) is 0.600. The van der Waals surface area contributed by atoms with Gasteiger partial charge in [0.1, 0.15) is 0 Å². The molecule has 112 valence electrons. The molecule has 4 rings (SSSR count). The predicted octanol–water partition coefficient (Wildman–Crippen LogP) is 3.72. The summed E-state index contributed by atoms with van der Waals surface area (Å²) in [7, 11) is 9.90. The van der Waals surface area contributed by atoms with Gasteiger partial charge in [0, 0.05) is 25.2 Å². The number of hydrogen-bond donors (Lipinski definition) is 0. The van der Waals surface area contributed by atoms with Gasteiger partial charge in [-0.15, -0.1) is 0 Å². The molecule has 0 spiro atoms. The van der Waals surface area contributed by atoms with E-state index >= 15 is 0 Å². The van der Waals surface area contributed by atoms with Gasteiger partial charge in [-0.2, -0.15) is 0 Å². The normalized spacial score (nSPS) is 40.7. The van der Waals surface area contributed by atoms with E-state index in [0.717, 1.165) is 23.9 Å². The van der Waals surface area contributed by atoms with Gasteiger partial charge in [0.15, 0.2) is 0 Å². The molecule has 4 aliphatic heterocycles.